The van der Waals surface area contributed by atoms with Crippen molar-refractivity contribution in [2.45, 2.75) is 25.7 Å². The minimum atomic E-state index is -0.870. The summed E-state index contributed by atoms with van der Waals surface area (Å²) in [4.78, 5) is 51.2. The van der Waals surface area contributed by atoms with E-state index in [-0.39, 0.29) is 35.2 Å². The highest BCUT2D eigenvalue weighted by Gasteiger charge is 2.23. The number of hydrogen-bond donors (Lipinski definition) is 5. The molecular weight excluding hydrogens is 386 g/mol. The summed E-state index contributed by atoms with van der Waals surface area (Å²) in [6.45, 7) is 7.10. The third-order valence-electron chi connectivity index (χ3n) is 3.52. The number of carboxylic acids is 2. The average molecular weight is 409 g/mol. The lowest BCUT2D eigenvalue weighted by Crippen LogP contribution is -2.18. The number of rotatable bonds is 9. The number of aliphatic carboxylic acids is 2. The average Bonchev–Trinajstić information content (AvgIpc) is 2.69. The largest absolute Gasteiger partial charge is 0.481 e. The molecule has 1 aromatic rings. The molecule has 0 aliphatic rings. The number of nitrogens with two attached hydrogens (primary N) is 3. The fourth-order valence-electron chi connectivity index (χ4n) is 2.24. The highest BCUT2D eigenvalue weighted by atomic mass is 16.7. The SMILES string of the molecule is C=Cc1c(C(=O)ON)cc(N)c(C(=O)ON)c1C=C.O=C(O)CCCCC(=O)O. The monoisotopic (exact) mass is 409 g/mol. The van der Waals surface area contributed by atoms with E-state index in [1.807, 2.05) is 0 Å². The number of nitrogen functional groups attached to an aromatic ring is 1. The Morgan fingerprint density at radius 2 is 1.34 bits per heavy atom. The first-order valence-electron chi connectivity index (χ1n) is 8.11. The molecule has 29 heavy (non-hydrogen) atoms. The van der Waals surface area contributed by atoms with Gasteiger partial charge in [-0.05, 0) is 30.0 Å². The molecule has 0 bridgehead atoms. The van der Waals surface area contributed by atoms with Gasteiger partial charge in [-0.2, -0.15) is 11.8 Å². The van der Waals surface area contributed by atoms with E-state index in [2.05, 4.69) is 22.8 Å². The van der Waals surface area contributed by atoms with Crippen molar-refractivity contribution in [2.24, 2.45) is 11.8 Å². The molecule has 0 aliphatic carbocycles. The zero-order valence-corrected chi connectivity index (χ0v) is 15.6. The number of carbonyl (C=O) groups excluding carboxylic acids is 2. The highest BCUT2D eigenvalue weighted by molar-refractivity contribution is 6.05. The molecule has 0 radical (unpaired) electrons. The Kier molecular flexibility index (Phi) is 11.0. The molecular formula is C18H23N3O8. The number of unbranched alkanes of at least 4 members (excludes halogenated alkanes) is 1. The summed E-state index contributed by atoms with van der Waals surface area (Å²) in [6, 6.07) is 1.23. The maximum atomic E-state index is 11.6. The maximum absolute atomic E-state index is 11.6. The first-order chi connectivity index (χ1) is 13.6. The van der Waals surface area contributed by atoms with Crippen LogP contribution in [0.5, 0.6) is 0 Å². The first-order valence-corrected chi connectivity index (χ1v) is 8.11. The second-order valence-electron chi connectivity index (χ2n) is 5.43. The van der Waals surface area contributed by atoms with Gasteiger partial charge in [0.2, 0.25) is 0 Å². The number of anilines is 1. The minimum absolute atomic E-state index is 0.0130. The van der Waals surface area contributed by atoms with Gasteiger partial charge in [0.25, 0.3) is 0 Å². The topological polar surface area (TPSA) is 205 Å². The van der Waals surface area contributed by atoms with Gasteiger partial charge in [0, 0.05) is 18.5 Å². The molecule has 0 fully saturated rings. The lowest BCUT2D eigenvalue weighted by molar-refractivity contribution is -0.139. The zero-order valence-electron chi connectivity index (χ0n) is 15.6. The Labute approximate surface area is 166 Å². The summed E-state index contributed by atoms with van der Waals surface area (Å²) >= 11 is 0. The molecule has 0 saturated carbocycles. The molecule has 8 N–H and O–H groups in total. The molecule has 0 aliphatic heterocycles. The van der Waals surface area contributed by atoms with Gasteiger partial charge < -0.3 is 25.6 Å². The van der Waals surface area contributed by atoms with Gasteiger partial charge in [-0.3, -0.25) is 9.59 Å². The fraction of sp³-hybridized carbons (Fsp3) is 0.222. The van der Waals surface area contributed by atoms with Crippen LogP contribution in [0.25, 0.3) is 12.2 Å². The van der Waals surface area contributed by atoms with E-state index >= 15 is 0 Å². The van der Waals surface area contributed by atoms with Gasteiger partial charge in [-0.25, -0.2) is 9.59 Å². The Bertz CT molecular complexity index is 789. The third kappa shape index (κ3) is 7.82. The van der Waals surface area contributed by atoms with Crippen LogP contribution in [0.2, 0.25) is 0 Å². The first kappa shape index (κ1) is 25.3. The van der Waals surface area contributed by atoms with Gasteiger partial charge >= 0.3 is 23.9 Å². The predicted molar refractivity (Wildman–Crippen MR) is 104 cm³/mol. The Morgan fingerprint density at radius 1 is 0.897 bits per heavy atom. The smallest absolute Gasteiger partial charge is 0.359 e. The molecule has 0 unspecified atom stereocenters. The van der Waals surface area contributed by atoms with Crippen LogP contribution < -0.4 is 17.5 Å². The van der Waals surface area contributed by atoms with Gasteiger partial charge in [-0.15, -0.1) is 0 Å². The molecule has 0 atom stereocenters. The molecule has 11 nitrogen and oxygen atoms in total. The van der Waals surface area contributed by atoms with Crippen molar-refractivity contribution in [1.29, 1.82) is 0 Å². The van der Waals surface area contributed by atoms with Crippen molar-refractivity contribution >= 4 is 41.7 Å². The zero-order chi connectivity index (χ0) is 22.6. The summed E-state index contributed by atoms with van der Waals surface area (Å²) in [5.74, 6) is 6.25. The van der Waals surface area contributed by atoms with Crippen LogP contribution in [-0.2, 0) is 19.3 Å². The van der Waals surface area contributed by atoms with Gasteiger partial charge in [-0.1, -0.05) is 25.3 Å². The van der Waals surface area contributed by atoms with Gasteiger partial charge in [0.05, 0.1) is 11.1 Å². The van der Waals surface area contributed by atoms with E-state index in [1.54, 1.807) is 0 Å². The lowest BCUT2D eigenvalue weighted by atomic mass is 9.94. The molecule has 0 heterocycles. The Balaban J connectivity index is 0.000000665. The van der Waals surface area contributed by atoms with Gasteiger partial charge in [0.15, 0.2) is 0 Å². The molecule has 11 heteroatoms. The molecule has 1 aromatic carbocycles. The third-order valence-corrected chi connectivity index (χ3v) is 3.52. The summed E-state index contributed by atoms with van der Waals surface area (Å²) in [5, 5.41) is 16.3. The maximum Gasteiger partial charge on any atom is 0.359 e. The quantitative estimate of drug-likeness (QED) is 0.223. The van der Waals surface area contributed by atoms with E-state index in [0.29, 0.717) is 18.4 Å². The van der Waals surface area contributed by atoms with Crippen molar-refractivity contribution in [3.63, 3.8) is 0 Å². The summed E-state index contributed by atoms with van der Waals surface area (Å²) in [7, 11) is 0. The number of benzene rings is 1. The van der Waals surface area contributed by atoms with Crippen LogP contribution in [0.1, 0.15) is 57.5 Å². The van der Waals surface area contributed by atoms with E-state index in [4.69, 9.17) is 27.7 Å². The van der Waals surface area contributed by atoms with Crippen LogP contribution in [-0.4, -0.2) is 34.1 Å². The molecule has 0 amide bonds. The molecule has 0 saturated heterocycles. The number of carbonyl (C=O) groups is 4. The van der Waals surface area contributed by atoms with E-state index in [0.717, 1.165) is 0 Å². The van der Waals surface area contributed by atoms with Crippen molar-refractivity contribution in [3.8, 4) is 0 Å². The van der Waals surface area contributed by atoms with Crippen LogP contribution in [0.4, 0.5) is 5.69 Å². The number of hydrogen-bond acceptors (Lipinski definition) is 9. The minimum Gasteiger partial charge on any atom is -0.481 e. The van der Waals surface area contributed by atoms with Crippen LogP contribution in [0.3, 0.4) is 0 Å². The summed E-state index contributed by atoms with van der Waals surface area (Å²) in [6.07, 6.45) is 3.69. The summed E-state index contributed by atoms with van der Waals surface area (Å²) < 4.78 is 0. The van der Waals surface area contributed by atoms with Crippen molar-refractivity contribution in [3.05, 3.63) is 41.5 Å². The van der Waals surface area contributed by atoms with Crippen LogP contribution in [0.15, 0.2) is 19.2 Å². The number of carboxylic acid groups (broad SMARTS) is 2. The van der Waals surface area contributed by atoms with Crippen LogP contribution >= 0.6 is 0 Å². The fourth-order valence-corrected chi connectivity index (χ4v) is 2.24. The molecule has 0 aromatic heterocycles. The highest BCUT2D eigenvalue weighted by Crippen LogP contribution is 2.28. The second-order valence-corrected chi connectivity index (χ2v) is 5.43. The summed E-state index contributed by atoms with van der Waals surface area (Å²) in [5.41, 5.74) is 6.27. The van der Waals surface area contributed by atoms with E-state index < -0.39 is 23.9 Å². The Morgan fingerprint density at radius 3 is 1.69 bits per heavy atom. The molecule has 1 rings (SSSR count). The predicted octanol–water partition coefficient (Wildman–Crippen LogP) is 1.33. The lowest BCUT2D eigenvalue weighted by Gasteiger charge is -2.13. The van der Waals surface area contributed by atoms with Gasteiger partial charge in [0.1, 0.15) is 0 Å². The molecule has 158 valence electrons. The van der Waals surface area contributed by atoms with Crippen molar-refractivity contribution < 1.29 is 39.1 Å². The second kappa shape index (κ2) is 12.6. The van der Waals surface area contributed by atoms with Crippen LogP contribution in [0, 0.1) is 0 Å². The van der Waals surface area contributed by atoms with E-state index in [9.17, 15) is 19.2 Å². The van der Waals surface area contributed by atoms with Crippen molar-refractivity contribution in [2.75, 3.05) is 5.73 Å². The normalized spacial score (nSPS) is 9.45. The Hall–Kier alpha value is -3.70. The van der Waals surface area contributed by atoms with Crippen molar-refractivity contribution in [1.82, 2.24) is 0 Å². The van der Waals surface area contributed by atoms with E-state index in [1.165, 1.54) is 18.2 Å². The molecule has 0 spiro atoms. The standard InChI is InChI=1S/C12H13N3O4.C6H10O4/c1-3-6-7(4-2)10(12(17)19-15)9(13)5-8(6)11(16)18-14;7-5(8)3-1-2-4-6(9)10/h3-5H,1-2,13-15H2;1-4H2,(H,7,8)(H,9,10).